The average molecular weight is 354 g/mol. The lowest BCUT2D eigenvalue weighted by atomic mass is 10.2. The van der Waals surface area contributed by atoms with Crippen LogP contribution in [0, 0.1) is 0 Å². The lowest BCUT2D eigenvalue weighted by Crippen LogP contribution is -2.46. The van der Waals surface area contributed by atoms with Crippen LogP contribution in [0.1, 0.15) is 10.9 Å². The number of halogens is 1. The van der Waals surface area contributed by atoms with Gasteiger partial charge in [0.25, 0.3) is 0 Å². The molecule has 0 bridgehead atoms. The number of rotatable bonds is 3. The Morgan fingerprint density at radius 1 is 0.947 bits per heavy atom. The predicted octanol–water partition coefficient (Wildman–Crippen LogP) is 5.77. The minimum Gasteiger partial charge on any atom is -0.359 e. The second-order valence-corrected chi connectivity index (χ2v) is 19.7. The predicted molar refractivity (Wildman–Crippen MR) is 95.4 cm³/mol. The van der Waals surface area contributed by atoms with E-state index in [0.29, 0.717) is 0 Å². The van der Waals surface area contributed by atoms with Gasteiger partial charge in [0.15, 0.2) is 0 Å². The van der Waals surface area contributed by atoms with E-state index in [-0.39, 0.29) is 0 Å². The van der Waals surface area contributed by atoms with Crippen LogP contribution in [-0.4, -0.2) is 21.1 Å². The number of benzene rings is 1. The van der Waals surface area contributed by atoms with Crippen LogP contribution in [0.3, 0.4) is 0 Å². The van der Waals surface area contributed by atoms with Crippen LogP contribution in [0.4, 0.5) is 0 Å². The number of nitrogens with one attached hydrogen (secondary N) is 1. The molecular weight excluding hydrogens is 330 g/mol. The molecule has 1 aromatic heterocycles. The van der Waals surface area contributed by atoms with Crippen molar-refractivity contribution in [2.24, 2.45) is 0 Å². The first-order valence-electron chi connectivity index (χ1n) is 6.87. The van der Waals surface area contributed by atoms with Crippen LogP contribution in [0.2, 0.25) is 39.3 Å². The van der Waals surface area contributed by atoms with E-state index in [9.17, 15) is 0 Å². The zero-order chi connectivity index (χ0) is 14.4. The van der Waals surface area contributed by atoms with Crippen molar-refractivity contribution in [3.8, 4) is 0 Å². The summed E-state index contributed by atoms with van der Waals surface area (Å²) in [6.07, 6.45) is 0. The molecule has 0 saturated carbocycles. The van der Waals surface area contributed by atoms with E-state index in [0.717, 1.165) is 9.64 Å². The summed E-state index contributed by atoms with van der Waals surface area (Å²) in [5.41, 5.74) is 2.73. The van der Waals surface area contributed by atoms with Gasteiger partial charge in [-0.05, 0) is 29.4 Å². The fourth-order valence-electron chi connectivity index (χ4n) is 3.51. The van der Waals surface area contributed by atoms with Crippen LogP contribution in [0.5, 0.6) is 0 Å². The zero-order valence-corrected chi connectivity index (χ0v) is 16.4. The Hall–Kier alpha value is -0.326. The standard InChI is InChI=1S/C15H24BrNSi2/c1-18(2,3)15(19(4,5)6)14-10-11-9-12(16)7-8-13(11)17-14/h7-10,15,17H,1-6H3. The Morgan fingerprint density at radius 2 is 1.53 bits per heavy atom. The normalized spacial score (nSPS) is 13.5. The van der Waals surface area contributed by atoms with Crippen molar-refractivity contribution < 1.29 is 0 Å². The molecule has 0 aliphatic carbocycles. The smallest absolute Gasteiger partial charge is 0.0512 e. The Labute approximate surface area is 127 Å². The van der Waals surface area contributed by atoms with Crippen molar-refractivity contribution in [1.29, 1.82) is 0 Å². The highest BCUT2D eigenvalue weighted by Crippen LogP contribution is 2.36. The summed E-state index contributed by atoms with van der Waals surface area (Å²) in [7, 11) is -2.44. The molecule has 104 valence electrons. The van der Waals surface area contributed by atoms with Gasteiger partial charge in [-0.2, -0.15) is 0 Å². The summed E-state index contributed by atoms with van der Waals surface area (Å²) in [5.74, 6) is 0. The van der Waals surface area contributed by atoms with Gasteiger partial charge in [0.2, 0.25) is 0 Å². The molecule has 0 atom stereocenters. The van der Waals surface area contributed by atoms with Crippen molar-refractivity contribution in [1.82, 2.24) is 4.98 Å². The molecule has 0 aliphatic heterocycles. The topological polar surface area (TPSA) is 15.8 Å². The number of aromatic nitrogens is 1. The molecule has 19 heavy (non-hydrogen) atoms. The first-order chi connectivity index (χ1) is 8.59. The van der Waals surface area contributed by atoms with E-state index < -0.39 is 16.1 Å². The van der Waals surface area contributed by atoms with Crippen LogP contribution in [0.25, 0.3) is 10.9 Å². The molecule has 0 aliphatic rings. The van der Waals surface area contributed by atoms with Gasteiger partial charge in [0.05, 0.1) is 16.1 Å². The second kappa shape index (κ2) is 4.90. The SMILES string of the molecule is C[Si](C)(C)C(c1cc2cc(Br)ccc2[nH]1)[Si](C)(C)C. The van der Waals surface area contributed by atoms with E-state index >= 15 is 0 Å². The summed E-state index contributed by atoms with van der Waals surface area (Å²) in [6.45, 7) is 15.0. The lowest BCUT2D eigenvalue weighted by molar-refractivity contribution is 1.11. The van der Waals surface area contributed by atoms with Gasteiger partial charge in [-0.1, -0.05) is 55.2 Å². The third kappa shape index (κ3) is 3.23. The van der Waals surface area contributed by atoms with Gasteiger partial charge < -0.3 is 4.98 Å². The molecule has 1 nitrogen and oxygen atoms in total. The van der Waals surface area contributed by atoms with Gasteiger partial charge >= 0.3 is 0 Å². The van der Waals surface area contributed by atoms with Crippen LogP contribution >= 0.6 is 15.9 Å². The number of hydrogen-bond acceptors (Lipinski definition) is 0. The number of hydrogen-bond donors (Lipinski definition) is 1. The Kier molecular flexibility index (Phi) is 3.88. The van der Waals surface area contributed by atoms with E-state index in [2.05, 4.69) is 84.5 Å². The molecule has 2 rings (SSSR count). The molecule has 1 N–H and O–H groups in total. The van der Waals surface area contributed by atoms with Gasteiger partial charge in [-0.15, -0.1) is 0 Å². The summed E-state index contributed by atoms with van der Waals surface area (Å²) in [4.78, 5) is 3.68. The first-order valence-corrected chi connectivity index (χ1v) is 14.8. The van der Waals surface area contributed by atoms with E-state index in [1.807, 2.05) is 0 Å². The summed E-state index contributed by atoms with van der Waals surface area (Å²) >= 11 is 3.56. The second-order valence-electron chi connectivity index (χ2n) is 7.62. The van der Waals surface area contributed by atoms with E-state index in [4.69, 9.17) is 0 Å². The van der Waals surface area contributed by atoms with Gasteiger partial charge in [0.1, 0.15) is 0 Å². The van der Waals surface area contributed by atoms with Gasteiger partial charge in [-0.25, -0.2) is 0 Å². The maximum Gasteiger partial charge on any atom is 0.0512 e. The molecule has 0 fully saturated rings. The van der Waals surface area contributed by atoms with Crippen molar-refractivity contribution >= 4 is 43.0 Å². The van der Waals surface area contributed by atoms with Crippen molar-refractivity contribution in [3.63, 3.8) is 0 Å². The Morgan fingerprint density at radius 3 is 2.05 bits per heavy atom. The third-order valence-electron chi connectivity index (χ3n) is 3.65. The molecule has 0 unspecified atom stereocenters. The maximum atomic E-state index is 3.68. The van der Waals surface area contributed by atoms with Crippen molar-refractivity contribution in [3.05, 3.63) is 34.4 Å². The molecule has 0 radical (unpaired) electrons. The third-order valence-corrected chi connectivity index (χ3v) is 13.4. The number of aromatic amines is 1. The molecule has 4 heteroatoms. The van der Waals surface area contributed by atoms with Crippen LogP contribution in [0.15, 0.2) is 28.7 Å². The number of H-pyrrole nitrogens is 1. The van der Waals surface area contributed by atoms with Gasteiger partial charge in [0, 0.05) is 21.1 Å². The lowest BCUT2D eigenvalue weighted by Gasteiger charge is -2.37. The molecular formula is C15H24BrNSi2. The van der Waals surface area contributed by atoms with E-state index in [1.165, 1.54) is 16.6 Å². The first kappa shape index (κ1) is 15.1. The largest absolute Gasteiger partial charge is 0.359 e. The van der Waals surface area contributed by atoms with Crippen molar-refractivity contribution in [2.45, 2.75) is 44.4 Å². The van der Waals surface area contributed by atoms with E-state index in [1.54, 1.807) is 0 Å². The Bertz CT molecular complexity index is 576. The highest BCUT2D eigenvalue weighted by atomic mass is 79.9. The summed E-state index contributed by atoms with van der Waals surface area (Å²) < 4.78 is 1.16. The quantitative estimate of drug-likeness (QED) is 0.674. The zero-order valence-electron chi connectivity index (χ0n) is 12.8. The molecule has 1 heterocycles. The fraction of sp³-hybridized carbons (Fsp3) is 0.467. The van der Waals surface area contributed by atoms with Crippen molar-refractivity contribution in [2.75, 3.05) is 0 Å². The number of fused-ring (bicyclic) bond motifs is 1. The highest BCUT2D eigenvalue weighted by molar-refractivity contribution is 9.10. The molecule has 1 aromatic carbocycles. The van der Waals surface area contributed by atoms with Crippen LogP contribution < -0.4 is 0 Å². The summed E-state index contributed by atoms with van der Waals surface area (Å²) in [5, 5.41) is 2.09. The maximum absolute atomic E-state index is 3.68. The highest BCUT2D eigenvalue weighted by Gasteiger charge is 2.39. The molecule has 0 spiro atoms. The fourth-order valence-corrected chi connectivity index (χ4v) is 16.5. The molecule has 0 amide bonds. The average Bonchev–Trinajstić information content (AvgIpc) is 2.54. The minimum atomic E-state index is -1.22. The Balaban J connectivity index is 2.57. The molecule has 2 aromatic rings. The monoisotopic (exact) mass is 353 g/mol. The molecule has 0 saturated heterocycles. The summed E-state index contributed by atoms with van der Waals surface area (Å²) in [6, 6.07) is 8.87. The van der Waals surface area contributed by atoms with Gasteiger partial charge in [-0.3, -0.25) is 0 Å². The minimum absolute atomic E-state index is 0.770. The van der Waals surface area contributed by atoms with Crippen LogP contribution in [-0.2, 0) is 0 Å².